The molecule has 5 heteroatoms. The van der Waals surface area contributed by atoms with Crippen molar-refractivity contribution < 1.29 is 4.42 Å². The first-order chi connectivity index (χ1) is 7.59. The summed E-state index contributed by atoms with van der Waals surface area (Å²) in [7, 11) is 0. The second kappa shape index (κ2) is 3.16. The minimum Gasteiger partial charge on any atom is -0.440 e. The number of benzene rings is 1. The van der Waals surface area contributed by atoms with Gasteiger partial charge in [-0.3, -0.25) is 0 Å². The fourth-order valence-corrected chi connectivity index (χ4v) is 3.39. The maximum absolute atomic E-state index is 6.04. The third-order valence-corrected chi connectivity index (χ3v) is 4.11. The third kappa shape index (κ3) is 1.36. The largest absolute Gasteiger partial charge is 0.440 e. The lowest BCUT2D eigenvalue weighted by Crippen LogP contribution is -2.74. The van der Waals surface area contributed by atoms with E-state index in [1.165, 1.54) is 0 Å². The third-order valence-electron chi connectivity index (χ3n) is 3.87. The number of aromatic nitrogens is 1. The van der Waals surface area contributed by atoms with E-state index in [1.807, 2.05) is 18.2 Å². The van der Waals surface area contributed by atoms with Crippen LogP contribution in [0.4, 0.5) is 0 Å². The molecule has 3 fully saturated rings. The first kappa shape index (κ1) is 11.3. The van der Waals surface area contributed by atoms with Crippen LogP contribution in [-0.2, 0) is 5.41 Å². The number of rotatable bonds is 1. The highest BCUT2D eigenvalue weighted by molar-refractivity contribution is 6.31. The molecule has 0 spiro atoms. The molecule has 0 saturated heterocycles. The van der Waals surface area contributed by atoms with Gasteiger partial charge in [0.1, 0.15) is 5.52 Å². The molecule has 90 valence electrons. The highest BCUT2D eigenvalue weighted by Gasteiger charge is 2.69. The number of nitrogens with two attached hydrogens (primary N) is 1. The number of halogens is 2. The summed E-state index contributed by atoms with van der Waals surface area (Å²) in [5.41, 5.74) is 7.92. The van der Waals surface area contributed by atoms with Crippen molar-refractivity contribution in [1.29, 1.82) is 0 Å². The summed E-state index contributed by atoms with van der Waals surface area (Å²) in [4.78, 5) is 4.53. The molecule has 2 bridgehead atoms. The molecule has 0 aliphatic heterocycles. The van der Waals surface area contributed by atoms with E-state index in [4.69, 9.17) is 21.8 Å². The summed E-state index contributed by atoms with van der Waals surface area (Å²) >= 11 is 5.92. The van der Waals surface area contributed by atoms with Gasteiger partial charge in [-0.25, -0.2) is 4.98 Å². The van der Waals surface area contributed by atoms with Gasteiger partial charge in [-0.05, 0) is 37.5 Å². The first-order valence-electron chi connectivity index (χ1n) is 5.44. The molecule has 1 aromatic carbocycles. The Bertz CT molecular complexity index is 588. The van der Waals surface area contributed by atoms with Crippen LogP contribution in [0.25, 0.3) is 11.1 Å². The molecule has 2 aromatic rings. The van der Waals surface area contributed by atoms with E-state index in [2.05, 4.69) is 4.98 Å². The zero-order chi connectivity index (χ0) is 11.0. The van der Waals surface area contributed by atoms with Gasteiger partial charge in [-0.2, -0.15) is 0 Å². The monoisotopic (exact) mass is 270 g/mol. The lowest BCUT2D eigenvalue weighted by atomic mass is 9.40. The molecule has 3 saturated carbocycles. The maximum atomic E-state index is 6.04. The molecule has 0 atom stereocenters. The maximum Gasteiger partial charge on any atom is 0.201 e. The van der Waals surface area contributed by atoms with Gasteiger partial charge in [0.25, 0.3) is 0 Å². The Hall–Kier alpha value is -0.770. The van der Waals surface area contributed by atoms with Crippen LogP contribution in [-0.4, -0.2) is 10.5 Å². The van der Waals surface area contributed by atoms with Gasteiger partial charge in [-0.15, -0.1) is 12.4 Å². The fourth-order valence-electron chi connectivity index (χ4n) is 3.22. The van der Waals surface area contributed by atoms with Crippen LogP contribution in [0, 0.1) is 0 Å². The van der Waals surface area contributed by atoms with Gasteiger partial charge < -0.3 is 10.2 Å². The number of nitrogens with zero attached hydrogens (tertiary/aromatic N) is 1. The van der Waals surface area contributed by atoms with Crippen molar-refractivity contribution in [3.05, 3.63) is 29.1 Å². The molecule has 3 nitrogen and oxygen atoms in total. The molecule has 3 aliphatic rings. The van der Waals surface area contributed by atoms with Gasteiger partial charge in [0, 0.05) is 10.6 Å². The Morgan fingerprint density at radius 1 is 1.29 bits per heavy atom. The Morgan fingerprint density at radius 2 is 2.00 bits per heavy atom. The van der Waals surface area contributed by atoms with Crippen LogP contribution >= 0.6 is 24.0 Å². The summed E-state index contributed by atoms with van der Waals surface area (Å²) in [5, 5.41) is 0.695. The normalized spacial score (nSPS) is 33.8. The Labute approximate surface area is 110 Å². The van der Waals surface area contributed by atoms with E-state index in [0.717, 1.165) is 36.3 Å². The average molecular weight is 271 g/mol. The van der Waals surface area contributed by atoms with E-state index in [0.29, 0.717) is 5.02 Å². The number of hydrogen-bond acceptors (Lipinski definition) is 3. The molecule has 5 rings (SSSR count). The van der Waals surface area contributed by atoms with Crippen molar-refractivity contribution in [3.8, 4) is 0 Å². The highest BCUT2D eigenvalue weighted by atomic mass is 35.5. The quantitative estimate of drug-likeness (QED) is 0.867. The molecule has 17 heavy (non-hydrogen) atoms. The Morgan fingerprint density at radius 3 is 2.65 bits per heavy atom. The summed E-state index contributed by atoms with van der Waals surface area (Å²) in [5.74, 6) is 0.845. The molecule has 2 N–H and O–H groups in total. The predicted octanol–water partition coefficient (Wildman–Crippen LogP) is 3.04. The van der Waals surface area contributed by atoms with Crippen LogP contribution in [0.2, 0.25) is 5.02 Å². The summed E-state index contributed by atoms with van der Waals surface area (Å²) in [6, 6.07) is 5.54. The molecule has 0 amide bonds. The molecule has 0 radical (unpaired) electrons. The fraction of sp³-hybridized carbons (Fsp3) is 0.417. The lowest BCUT2D eigenvalue weighted by Gasteiger charge is -2.67. The minimum atomic E-state index is 0. The topological polar surface area (TPSA) is 52.0 Å². The second-order valence-corrected chi connectivity index (χ2v) is 5.74. The molecular formula is C12H12Cl2N2O. The highest BCUT2D eigenvalue weighted by Crippen LogP contribution is 2.66. The summed E-state index contributed by atoms with van der Waals surface area (Å²) in [6.45, 7) is 0. The number of oxazole rings is 1. The minimum absolute atomic E-state index is 0. The average Bonchev–Trinajstić information content (AvgIpc) is 2.53. The Kier molecular flexibility index (Phi) is 2.11. The van der Waals surface area contributed by atoms with E-state index in [-0.39, 0.29) is 23.4 Å². The van der Waals surface area contributed by atoms with E-state index < -0.39 is 0 Å². The zero-order valence-corrected chi connectivity index (χ0v) is 10.6. The predicted molar refractivity (Wildman–Crippen MR) is 68.7 cm³/mol. The van der Waals surface area contributed by atoms with Crippen molar-refractivity contribution >= 4 is 35.1 Å². The van der Waals surface area contributed by atoms with Crippen molar-refractivity contribution in [2.75, 3.05) is 0 Å². The van der Waals surface area contributed by atoms with E-state index in [1.54, 1.807) is 0 Å². The smallest absolute Gasteiger partial charge is 0.201 e. The molecule has 1 aromatic heterocycles. The summed E-state index contributed by atoms with van der Waals surface area (Å²) in [6.07, 6.45) is 3.04. The van der Waals surface area contributed by atoms with Gasteiger partial charge in [0.15, 0.2) is 5.58 Å². The van der Waals surface area contributed by atoms with Crippen LogP contribution in [0.1, 0.15) is 25.2 Å². The number of fused-ring (bicyclic) bond motifs is 1. The standard InChI is InChI=1S/C12H11ClN2O.ClH/c13-7-1-2-9-8(3-7)15-10(16-9)11-4-12(14,5-11)6-11;/h1-3H,4-6,14H2;1H. The molecule has 0 unspecified atom stereocenters. The summed E-state index contributed by atoms with van der Waals surface area (Å²) < 4.78 is 5.79. The van der Waals surface area contributed by atoms with E-state index >= 15 is 0 Å². The second-order valence-electron chi connectivity index (χ2n) is 5.30. The van der Waals surface area contributed by atoms with Gasteiger partial charge in [0.2, 0.25) is 5.89 Å². The first-order valence-corrected chi connectivity index (χ1v) is 5.82. The van der Waals surface area contributed by atoms with E-state index in [9.17, 15) is 0 Å². The van der Waals surface area contributed by atoms with Crippen LogP contribution in [0.3, 0.4) is 0 Å². The van der Waals surface area contributed by atoms with Crippen molar-refractivity contribution in [2.45, 2.75) is 30.2 Å². The van der Waals surface area contributed by atoms with Crippen LogP contribution < -0.4 is 5.73 Å². The van der Waals surface area contributed by atoms with Gasteiger partial charge in [-0.1, -0.05) is 11.6 Å². The lowest BCUT2D eigenvalue weighted by molar-refractivity contribution is -0.0757. The van der Waals surface area contributed by atoms with Gasteiger partial charge >= 0.3 is 0 Å². The van der Waals surface area contributed by atoms with Gasteiger partial charge in [0.05, 0.1) is 5.41 Å². The zero-order valence-electron chi connectivity index (χ0n) is 9.07. The molecule has 3 aliphatic carbocycles. The molecule has 1 heterocycles. The Balaban J connectivity index is 0.000000902. The van der Waals surface area contributed by atoms with Crippen molar-refractivity contribution in [3.63, 3.8) is 0 Å². The van der Waals surface area contributed by atoms with Crippen LogP contribution in [0.15, 0.2) is 22.6 Å². The van der Waals surface area contributed by atoms with Crippen LogP contribution in [0.5, 0.6) is 0 Å². The number of hydrogen-bond donors (Lipinski definition) is 1. The van der Waals surface area contributed by atoms with Crippen molar-refractivity contribution in [2.24, 2.45) is 5.73 Å². The molecular weight excluding hydrogens is 259 g/mol. The SMILES string of the molecule is Cl.NC12CC(c3nc4cc(Cl)ccc4o3)(C1)C2. The van der Waals surface area contributed by atoms with Crippen molar-refractivity contribution in [1.82, 2.24) is 4.98 Å².